The zero-order chi connectivity index (χ0) is 25.6. The summed E-state index contributed by atoms with van der Waals surface area (Å²) in [6.07, 6.45) is 1.16. The number of carbonyl (C=O) groups excluding carboxylic acids is 1. The number of non-ortho nitro benzene ring substituents is 1. The van der Waals surface area contributed by atoms with Crippen LogP contribution < -0.4 is 14.2 Å². The minimum Gasteiger partial charge on any atom is -0.495 e. The van der Waals surface area contributed by atoms with Crippen molar-refractivity contribution in [2.24, 2.45) is 0 Å². The van der Waals surface area contributed by atoms with Crippen molar-refractivity contribution >= 4 is 49.4 Å². The third kappa shape index (κ3) is 6.23. The Morgan fingerprint density at radius 1 is 1.11 bits per heavy atom. The summed E-state index contributed by atoms with van der Waals surface area (Å²) in [5, 5.41) is 23.1. The van der Waals surface area contributed by atoms with E-state index in [9.17, 15) is 28.6 Å². The Hall–Kier alpha value is -4.21. The largest absolute Gasteiger partial charge is 0.495 e. The van der Waals surface area contributed by atoms with Crippen molar-refractivity contribution < 1.29 is 27.1 Å². The van der Waals surface area contributed by atoms with E-state index in [1.165, 1.54) is 31.4 Å². The summed E-state index contributed by atoms with van der Waals surface area (Å²) < 4.78 is 36.5. The number of nitrogens with zero attached hydrogens (tertiary/aromatic N) is 2. The smallest absolute Gasteiger partial charge is 0.339 e. The topological polar surface area (TPSA) is 149 Å². The minimum atomic E-state index is -4.47. The third-order valence-electron chi connectivity index (χ3n) is 4.51. The standard InChI is InChI=1S/C23H16BrN3O7S/c1-33-22-8-3-2-7-20(22)26-23(28)16(14-25)11-15-12-17(24)9-10-21(15)34-35(31,32)19-6-4-5-18(13-19)27(29)30/h2-13H,1H3,(H,26,28)/b16-11+. The van der Waals surface area contributed by atoms with Gasteiger partial charge in [0.1, 0.15) is 28.0 Å². The Bertz CT molecular complexity index is 1480. The summed E-state index contributed by atoms with van der Waals surface area (Å²) >= 11 is 3.26. The highest BCUT2D eigenvalue weighted by molar-refractivity contribution is 9.10. The molecule has 3 rings (SSSR count). The van der Waals surface area contributed by atoms with E-state index < -0.39 is 31.5 Å². The van der Waals surface area contributed by atoms with Gasteiger partial charge in [0.15, 0.2) is 0 Å². The summed E-state index contributed by atoms with van der Waals surface area (Å²) in [7, 11) is -3.04. The van der Waals surface area contributed by atoms with E-state index >= 15 is 0 Å². The fourth-order valence-electron chi connectivity index (χ4n) is 2.87. The van der Waals surface area contributed by atoms with E-state index in [2.05, 4.69) is 21.2 Å². The molecular formula is C23H16BrN3O7S. The predicted octanol–water partition coefficient (Wildman–Crippen LogP) is 4.68. The molecule has 0 saturated carbocycles. The second kappa shape index (κ2) is 10.8. The Morgan fingerprint density at radius 2 is 1.86 bits per heavy atom. The normalized spacial score (nSPS) is 11.3. The molecule has 178 valence electrons. The highest BCUT2D eigenvalue weighted by Gasteiger charge is 2.22. The maximum Gasteiger partial charge on any atom is 0.339 e. The van der Waals surface area contributed by atoms with Crippen molar-refractivity contribution in [1.29, 1.82) is 5.26 Å². The molecule has 3 aromatic rings. The molecular weight excluding hydrogens is 542 g/mol. The first-order valence-electron chi connectivity index (χ1n) is 9.69. The van der Waals surface area contributed by atoms with Crippen molar-refractivity contribution in [2.75, 3.05) is 12.4 Å². The number of methoxy groups -OCH3 is 1. The zero-order valence-corrected chi connectivity index (χ0v) is 20.4. The van der Waals surface area contributed by atoms with Gasteiger partial charge in [-0.05, 0) is 42.5 Å². The van der Waals surface area contributed by atoms with E-state index in [1.807, 2.05) is 0 Å². The number of benzene rings is 3. The Kier molecular flexibility index (Phi) is 7.85. The van der Waals surface area contributed by atoms with Crippen LogP contribution in [0.5, 0.6) is 11.5 Å². The molecule has 0 aliphatic carbocycles. The number of hydrogen-bond acceptors (Lipinski definition) is 8. The number of nitriles is 1. The van der Waals surface area contributed by atoms with E-state index in [1.54, 1.807) is 30.3 Å². The van der Waals surface area contributed by atoms with Gasteiger partial charge in [-0.25, -0.2) is 0 Å². The van der Waals surface area contributed by atoms with Gasteiger partial charge in [-0.3, -0.25) is 14.9 Å². The van der Waals surface area contributed by atoms with Crippen LogP contribution in [0.25, 0.3) is 6.08 Å². The molecule has 12 heteroatoms. The molecule has 0 radical (unpaired) electrons. The van der Waals surface area contributed by atoms with Gasteiger partial charge in [0.2, 0.25) is 0 Å². The number of carbonyl (C=O) groups is 1. The second-order valence-corrected chi connectivity index (χ2v) is 9.26. The molecule has 0 saturated heterocycles. The van der Waals surface area contributed by atoms with E-state index in [4.69, 9.17) is 8.92 Å². The van der Waals surface area contributed by atoms with Crippen LogP contribution in [0.15, 0.2) is 81.7 Å². The van der Waals surface area contributed by atoms with Crippen molar-refractivity contribution in [2.45, 2.75) is 4.90 Å². The molecule has 0 bridgehead atoms. The fourth-order valence-corrected chi connectivity index (χ4v) is 4.24. The summed E-state index contributed by atoms with van der Waals surface area (Å²) in [5.41, 5.74) is -0.336. The third-order valence-corrected chi connectivity index (χ3v) is 6.23. The van der Waals surface area contributed by atoms with Crippen LogP contribution in [0.3, 0.4) is 0 Å². The van der Waals surface area contributed by atoms with Gasteiger partial charge < -0.3 is 14.2 Å². The van der Waals surface area contributed by atoms with Gasteiger partial charge in [-0.1, -0.05) is 34.1 Å². The second-order valence-electron chi connectivity index (χ2n) is 6.80. The van der Waals surface area contributed by atoms with Crippen molar-refractivity contribution in [3.05, 3.63) is 92.5 Å². The van der Waals surface area contributed by atoms with E-state index in [0.717, 1.165) is 24.3 Å². The molecule has 10 nitrogen and oxygen atoms in total. The predicted molar refractivity (Wildman–Crippen MR) is 130 cm³/mol. The van der Waals surface area contributed by atoms with Gasteiger partial charge in [-0.2, -0.15) is 13.7 Å². The summed E-state index contributed by atoms with van der Waals surface area (Å²) in [6, 6.07) is 17.0. The molecule has 0 spiro atoms. The lowest BCUT2D eigenvalue weighted by Crippen LogP contribution is -2.14. The van der Waals surface area contributed by atoms with Gasteiger partial charge in [-0.15, -0.1) is 0 Å². The number of anilines is 1. The van der Waals surface area contributed by atoms with Crippen LogP contribution in [0.2, 0.25) is 0 Å². The number of nitro groups is 1. The molecule has 0 aliphatic heterocycles. The molecule has 0 aromatic heterocycles. The van der Waals surface area contributed by atoms with E-state index in [0.29, 0.717) is 15.9 Å². The van der Waals surface area contributed by atoms with Crippen LogP contribution >= 0.6 is 15.9 Å². The Morgan fingerprint density at radius 3 is 2.54 bits per heavy atom. The number of para-hydroxylation sites is 2. The molecule has 1 amide bonds. The number of halogens is 1. The molecule has 0 fully saturated rings. The van der Waals surface area contributed by atoms with Gasteiger partial charge in [0.25, 0.3) is 11.6 Å². The minimum absolute atomic E-state index is 0.0973. The fraction of sp³-hybridized carbons (Fsp3) is 0.0435. The lowest BCUT2D eigenvalue weighted by atomic mass is 10.1. The first-order valence-corrected chi connectivity index (χ1v) is 11.9. The molecule has 35 heavy (non-hydrogen) atoms. The lowest BCUT2D eigenvalue weighted by Gasteiger charge is -2.11. The van der Waals surface area contributed by atoms with Crippen LogP contribution in [-0.4, -0.2) is 26.4 Å². The van der Waals surface area contributed by atoms with Crippen LogP contribution in [0.4, 0.5) is 11.4 Å². The molecule has 3 aromatic carbocycles. The molecule has 0 atom stereocenters. The molecule has 1 N–H and O–H groups in total. The number of ether oxygens (including phenoxy) is 1. The Labute approximate surface area is 208 Å². The quantitative estimate of drug-likeness (QED) is 0.138. The average molecular weight is 558 g/mol. The summed E-state index contributed by atoms with van der Waals surface area (Å²) in [4.78, 5) is 22.6. The van der Waals surface area contributed by atoms with Crippen molar-refractivity contribution in [3.63, 3.8) is 0 Å². The van der Waals surface area contributed by atoms with E-state index in [-0.39, 0.29) is 16.9 Å². The highest BCUT2D eigenvalue weighted by Crippen LogP contribution is 2.30. The molecule has 0 heterocycles. The highest BCUT2D eigenvalue weighted by atomic mass is 79.9. The van der Waals surface area contributed by atoms with Gasteiger partial charge >= 0.3 is 10.1 Å². The number of hydrogen-bond donors (Lipinski definition) is 1. The van der Waals surface area contributed by atoms with Crippen LogP contribution in [0, 0.1) is 21.4 Å². The lowest BCUT2D eigenvalue weighted by molar-refractivity contribution is -0.385. The van der Waals surface area contributed by atoms with Crippen LogP contribution in [-0.2, 0) is 14.9 Å². The number of nitrogens with one attached hydrogen (secondary N) is 1. The number of nitro benzene ring substituents is 1. The number of rotatable bonds is 8. The van der Waals surface area contributed by atoms with Crippen molar-refractivity contribution in [3.8, 4) is 17.6 Å². The first-order chi connectivity index (χ1) is 16.6. The monoisotopic (exact) mass is 557 g/mol. The van der Waals surface area contributed by atoms with Crippen molar-refractivity contribution in [1.82, 2.24) is 0 Å². The SMILES string of the molecule is COc1ccccc1NC(=O)/C(C#N)=C/c1cc(Br)ccc1OS(=O)(=O)c1cccc([N+](=O)[O-])c1. The van der Waals surface area contributed by atoms with Crippen LogP contribution in [0.1, 0.15) is 5.56 Å². The maximum atomic E-state index is 12.8. The first kappa shape index (κ1) is 25.4. The van der Waals surface area contributed by atoms with Gasteiger partial charge in [0.05, 0.1) is 17.7 Å². The summed E-state index contributed by atoms with van der Waals surface area (Å²) in [6.45, 7) is 0. The zero-order valence-electron chi connectivity index (χ0n) is 18.0. The Balaban J connectivity index is 1.96. The number of amides is 1. The average Bonchev–Trinajstić information content (AvgIpc) is 2.84. The summed E-state index contributed by atoms with van der Waals surface area (Å²) in [5.74, 6) is -0.574. The molecule has 0 aliphatic rings. The maximum absolute atomic E-state index is 12.8. The van der Waals surface area contributed by atoms with Gasteiger partial charge in [0, 0.05) is 22.2 Å². The molecule has 0 unspecified atom stereocenters.